The predicted molar refractivity (Wildman–Crippen MR) is 66.1 cm³/mol. The van der Waals surface area contributed by atoms with Crippen LogP contribution in [0.5, 0.6) is 0 Å². The van der Waals surface area contributed by atoms with Gasteiger partial charge in [-0.15, -0.1) is 0 Å². The summed E-state index contributed by atoms with van der Waals surface area (Å²) >= 11 is 0. The van der Waals surface area contributed by atoms with Crippen molar-refractivity contribution in [2.24, 2.45) is 5.73 Å². The Morgan fingerprint density at radius 3 is 3.06 bits per heavy atom. The van der Waals surface area contributed by atoms with Gasteiger partial charge in [-0.1, -0.05) is 6.92 Å². The summed E-state index contributed by atoms with van der Waals surface area (Å²) < 4.78 is 11.3. The van der Waals surface area contributed by atoms with E-state index >= 15 is 0 Å². The van der Waals surface area contributed by atoms with Crippen molar-refractivity contribution in [1.82, 2.24) is 4.98 Å². The number of ether oxygens (including phenoxy) is 1. The molecule has 0 radical (unpaired) electrons. The highest BCUT2D eigenvalue weighted by molar-refractivity contribution is 5.28. The molecule has 0 spiro atoms. The molecule has 0 aliphatic carbocycles. The van der Waals surface area contributed by atoms with E-state index in [4.69, 9.17) is 14.9 Å². The number of hydrogen-bond acceptors (Lipinski definition) is 5. The molecule has 17 heavy (non-hydrogen) atoms. The summed E-state index contributed by atoms with van der Waals surface area (Å²) in [5.41, 5.74) is 6.03. The highest BCUT2D eigenvalue weighted by Gasteiger charge is 2.29. The fourth-order valence-electron chi connectivity index (χ4n) is 2.11. The first-order valence-electron chi connectivity index (χ1n) is 6.31. The number of anilines is 1. The zero-order valence-corrected chi connectivity index (χ0v) is 10.6. The van der Waals surface area contributed by atoms with Gasteiger partial charge in [-0.3, -0.25) is 0 Å². The van der Waals surface area contributed by atoms with Gasteiger partial charge in [0, 0.05) is 25.6 Å². The quantitative estimate of drug-likeness (QED) is 0.854. The number of hydrogen-bond donors (Lipinski definition) is 1. The average Bonchev–Trinajstić information content (AvgIpc) is 2.81. The van der Waals surface area contributed by atoms with Crippen LogP contribution >= 0.6 is 0 Å². The van der Waals surface area contributed by atoms with Gasteiger partial charge in [0.1, 0.15) is 5.76 Å². The fraction of sp³-hybridized carbons (Fsp3) is 0.750. The number of aryl methyl sites for hydroxylation is 1. The summed E-state index contributed by atoms with van der Waals surface area (Å²) in [6.45, 7) is 6.39. The third-order valence-corrected chi connectivity index (χ3v) is 3.15. The summed E-state index contributed by atoms with van der Waals surface area (Å²) in [5, 5.41) is 0. The van der Waals surface area contributed by atoms with Crippen molar-refractivity contribution in [2.45, 2.75) is 38.8 Å². The Balaban J connectivity index is 2.02. The van der Waals surface area contributed by atoms with E-state index in [1.54, 1.807) is 6.20 Å². The third kappa shape index (κ3) is 2.79. The van der Waals surface area contributed by atoms with Crippen LogP contribution in [-0.2, 0) is 11.2 Å². The van der Waals surface area contributed by atoms with Crippen molar-refractivity contribution in [3.05, 3.63) is 12.0 Å². The van der Waals surface area contributed by atoms with Crippen LogP contribution in [0.25, 0.3) is 0 Å². The van der Waals surface area contributed by atoms with Crippen molar-refractivity contribution in [2.75, 3.05) is 24.6 Å². The lowest BCUT2D eigenvalue weighted by atomic mass is 10.0. The maximum absolute atomic E-state index is 6.03. The summed E-state index contributed by atoms with van der Waals surface area (Å²) in [4.78, 5) is 6.41. The minimum Gasteiger partial charge on any atom is -0.429 e. The number of nitrogens with two attached hydrogens (primary N) is 1. The van der Waals surface area contributed by atoms with Crippen LogP contribution in [0.15, 0.2) is 10.6 Å². The number of nitrogens with zero attached hydrogens (tertiary/aromatic N) is 2. The molecule has 2 unspecified atom stereocenters. The second-order valence-corrected chi connectivity index (χ2v) is 4.36. The lowest BCUT2D eigenvalue weighted by Crippen LogP contribution is -2.52. The second kappa shape index (κ2) is 5.51. The molecular formula is C12H21N3O2. The second-order valence-electron chi connectivity index (χ2n) is 4.36. The van der Waals surface area contributed by atoms with Crippen LogP contribution in [0.2, 0.25) is 0 Å². The maximum Gasteiger partial charge on any atom is 0.297 e. The van der Waals surface area contributed by atoms with Gasteiger partial charge in [-0.25, -0.2) is 4.98 Å². The first-order chi connectivity index (χ1) is 8.24. The first-order valence-corrected chi connectivity index (χ1v) is 6.31. The topological polar surface area (TPSA) is 64.5 Å². The molecule has 2 rings (SSSR count). The molecule has 1 aromatic heterocycles. The van der Waals surface area contributed by atoms with Gasteiger partial charge in [0.25, 0.3) is 6.01 Å². The minimum absolute atomic E-state index is 0.0747. The van der Waals surface area contributed by atoms with Crippen molar-refractivity contribution in [1.29, 1.82) is 0 Å². The predicted octanol–water partition coefficient (Wildman–Crippen LogP) is 1.18. The van der Waals surface area contributed by atoms with Crippen LogP contribution in [0.4, 0.5) is 6.01 Å². The monoisotopic (exact) mass is 239 g/mol. The van der Waals surface area contributed by atoms with Crippen molar-refractivity contribution in [3.8, 4) is 0 Å². The van der Waals surface area contributed by atoms with Crippen LogP contribution in [0, 0.1) is 0 Å². The van der Waals surface area contributed by atoms with E-state index < -0.39 is 0 Å². The molecule has 0 saturated carbocycles. The first kappa shape index (κ1) is 12.4. The van der Waals surface area contributed by atoms with Crippen LogP contribution in [0.3, 0.4) is 0 Å². The van der Waals surface area contributed by atoms with Crippen molar-refractivity contribution >= 4 is 6.01 Å². The average molecular weight is 239 g/mol. The van der Waals surface area contributed by atoms with Gasteiger partial charge >= 0.3 is 0 Å². The molecular weight excluding hydrogens is 218 g/mol. The molecule has 5 nitrogen and oxygen atoms in total. The zero-order valence-electron chi connectivity index (χ0n) is 10.6. The Morgan fingerprint density at radius 2 is 2.41 bits per heavy atom. The van der Waals surface area contributed by atoms with Gasteiger partial charge in [0.05, 0.1) is 18.8 Å². The largest absolute Gasteiger partial charge is 0.429 e. The minimum atomic E-state index is 0.0747. The van der Waals surface area contributed by atoms with E-state index in [-0.39, 0.29) is 12.1 Å². The molecule has 1 aromatic rings. The highest BCUT2D eigenvalue weighted by Crippen LogP contribution is 2.21. The third-order valence-electron chi connectivity index (χ3n) is 3.15. The molecule has 96 valence electrons. The Morgan fingerprint density at radius 1 is 1.59 bits per heavy atom. The summed E-state index contributed by atoms with van der Waals surface area (Å²) in [7, 11) is 0. The summed E-state index contributed by atoms with van der Waals surface area (Å²) in [5.74, 6) is 0.919. The number of aromatic nitrogens is 1. The molecule has 1 saturated heterocycles. The van der Waals surface area contributed by atoms with Crippen LogP contribution in [-0.4, -0.2) is 36.8 Å². The van der Waals surface area contributed by atoms with Crippen molar-refractivity contribution < 1.29 is 9.15 Å². The Labute approximate surface area is 102 Å². The van der Waals surface area contributed by atoms with Gasteiger partial charge < -0.3 is 19.8 Å². The standard InChI is InChI=1S/C12H21N3O2/c1-3-9-7-14-12(17-9)15-6-5-10(13)11(8-15)16-4-2/h7,10-11H,3-6,8,13H2,1-2H3. The van der Waals surface area contributed by atoms with E-state index in [0.717, 1.165) is 31.7 Å². The van der Waals surface area contributed by atoms with Gasteiger partial charge in [0.2, 0.25) is 0 Å². The van der Waals surface area contributed by atoms with Gasteiger partial charge in [-0.2, -0.15) is 0 Å². The van der Waals surface area contributed by atoms with Gasteiger partial charge in [0.15, 0.2) is 0 Å². The fourth-order valence-corrected chi connectivity index (χ4v) is 2.11. The highest BCUT2D eigenvalue weighted by atomic mass is 16.5. The number of oxazole rings is 1. The van der Waals surface area contributed by atoms with Crippen molar-refractivity contribution in [3.63, 3.8) is 0 Å². The Kier molecular flexibility index (Phi) is 4.02. The molecule has 2 heterocycles. The van der Waals surface area contributed by atoms with E-state index in [0.29, 0.717) is 12.6 Å². The van der Waals surface area contributed by atoms with E-state index in [1.165, 1.54) is 0 Å². The lowest BCUT2D eigenvalue weighted by Gasteiger charge is -2.35. The Bertz CT molecular complexity index is 353. The molecule has 2 atom stereocenters. The molecule has 2 N–H and O–H groups in total. The van der Waals surface area contributed by atoms with E-state index in [1.807, 2.05) is 6.92 Å². The molecule has 1 fully saturated rings. The molecule has 0 bridgehead atoms. The SMILES string of the molecule is CCOC1CN(c2ncc(CC)o2)CCC1N. The summed E-state index contributed by atoms with van der Waals surface area (Å²) in [6, 6.07) is 0.810. The summed E-state index contributed by atoms with van der Waals surface area (Å²) in [6.07, 6.45) is 3.65. The number of rotatable bonds is 4. The molecule has 1 aliphatic heterocycles. The Hall–Kier alpha value is -1.07. The smallest absolute Gasteiger partial charge is 0.297 e. The van der Waals surface area contributed by atoms with Gasteiger partial charge in [-0.05, 0) is 13.3 Å². The normalized spacial score (nSPS) is 25.2. The maximum atomic E-state index is 6.03. The molecule has 0 aromatic carbocycles. The van der Waals surface area contributed by atoms with Crippen LogP contribution in [0.1, 0.15) is 26.0 Å². The zero-order chi connectivity index (χ0) is 12.3. The number of piperidine rings is 1. The van der Waals surface area contributed by atoms with E-state index in [2.05, 4.69) is 16.8 Å². The molecule has 5 heteroatoms. The molecule has 1 aliphatic rings. The lowest BCUT2D eigenvalue weighted by molar-refractivity contribution is 0.0379. The van der Waals surface area contributed by atoms with E-state index in [9.17, 15) is 0 Å². The van der Waals surface area contributed by atoms with Crippen LogP contribution < -0.4 is 10.6 Å². The molecule has 0 amide bonds.